The first kappa shape index (κ1) is 11.5. The fourth-order valence-electron chi connectivity index (χ4n) is 1.66. The number of amides is 1. The van der Waals surface area contributed by atoms with Gasteiger partial charge in [-0.25, -0.2) is 4.39 Å². The van der Waals surface area contributed by atoms with E-state index in [0.29, 0.717) is 17.8 Å². The van der Waals surface area contributed by atoms with Gasteiger partial charge in [-0.2, -0.15) is 0 Å². The lowest BCUT2D eigenvalue weighted by atomic mass is 10.1. The van der Waals surface area contributed by atoms with E-state index in [1.54, 1.807) is 18.2 Å². The smallest absolute Gasteiger partial charge is 0.226 e. The molecule has 0 radical (unpaired) electrons. The van der Waals surface area contributed by atoms with Crippen LogP contribution in [0.15, 0.2) is 30.3 Å². The first-order valence-electron chi connectivity index (χ1n) is 5.51. The topological polar surface area (TPSA) is 42.0 Å². The van der Waals surface area contributed by atoms with Crippen LogP contribution in [0.5, 0.6) is 0 Å². The molecule has 17 heavy (non-hydrogen) atoms. The van der Waals surface area contributed by atoms with Crippen molar-refractivity contribution in [3.8, 4) is 0 Å². The van der Waals surface area contributed by atoms with Crippen LogP contribution in [0.1, 0.15) is 12.6 Å². The number of benzene rings is 1. The highest BCUT2D eigenvalue weighted by Gasteiger charge is 2.04. The number of nitrogens with zero attached hydrogens (tertiary/aromatic N) is 1. The second kappa shape index (κ2) is 4.91. The third kappa shape index (κ3) is 2.78. The number of hydrogen-bond donors (Lipinski definition) is 1. The van der Waals surface area contributed by atoms with Gasteiger partial charge in [-0.05, 0) is 31.2 Å². The molecule has 1 heterocycles. The number of halogens is 1. The summed E-state index contributed by atoms with van der Waals surface area (Å²) in [7, 11) is 0. The SMILES string of the molecule is CCNC(=O)Cc1ccc2cc(F)ccc2n1. The molecular formula is C13H13FN2O. The zero-order chi connectivity index (χ0) is 12.3. The normalized spacial score (nSPS) is 10.5. The van der Waals surface area contributed by atoms with E-state index in [1.165, 1.54) is 12.1 Å². The van der Waals surface area contributed by atoms with Gasteiger partial charge in [0.05, 0.1) is 17.6 Å². The molecule has 1 aromatic carbocycles. The van der Waals surface area contributed by atoms with Crippen molar-refractivity contribution in [3.63, 3.8) is 0 Å². The quantitative estimate of drug-likeness (QED) is 0.880. The lowest BCUT2D eigenvalue weighted by molar-refractivity contribution is -0.120. The van der Waals surface area contributed by atoms with Crippen molar-refractivity contribution in [1.29, 1.82) is 0 Å². The molecule has 1 amide bonds. The Kier molecular flexibility index (Phi) is 3.32. The fourth-order valence-corrected chi connectivity index (χ4v) is 1.66. The fraction of sp³-hybridized carbons (Fsp3) is 0.231. The highest BCUT2D eigenvalue weighted by molar-refractivity contribution is 5.81. The molecule has 2 aromatic rings. The van der Waals surface area contributed by atoms with E-state index in [2.05, 4.69) is 10.3 Å². The summed E-state index contributed by atoms with van der Waals surface area (Å²) in [4.78, 5) is 15.7. The van der Waals surface area contributed by atoms with Crippen molar-refractivity contribution >= 4 is 16.8 Å². The van der Waals surface area contributed by atoms with Gasteiger partial charge in [0.25, 0.3) is 0 Å². The van der Waals surface area contributed by atoms with Crippen molar-refractivity contribution in [1.82, 2.24) is 10.3 Å². The summed E-state index contributed by atoms with van der Waals surface area (Å²) in [5.74, 6) is -0.336. The molecule has 88 valence electrons. The maximum Gasteiger partial charge on any atom is 0.226 e. The predicted octanol–water partition coefficient (Wildman–Crippen LogP) is 2.05. The molecule has 2 rings (SSSR count). The average Bonchev–Trinajstić information content (AvgIpc) is 2.29. The Balaban J connectivity index is 2.26. The Morgan fingerprint density at radius 1 is 1.35 bits per heavy atom. The maximum atomic E-state index is 13.0. The Hall–Kier alpha value is -1.97. The predicted molar refractivity (Wildman–Crippen MR) is 64.1 cm³/mol. The lowest BCUT2D eigenvalue weighted by Crippen LogP contribution is -2.24. The summed E-state index contributed by atoms with van der Waals surface area (Å²) in [6.07, 6.45) is 0.251. The second-order valence-corrected chi connectivity index (χ2v) is 3.77. The number of carbonyl (C=O) groups is 1. The molecule has 0 spiro atoms. The van der Waals surface area contributed by atoms with Gasteiger partial charge >= 0.3 is 0 Å². The molecule has 3 nitrogen and oxygen atoms in total. The van der Waals surface area contributed by atoms with Crippen LogP contribution in [-0.2, 0) is 11.2 Å². The number of likely N-dealkylation sites (N-methyl/N-ethyl adjacent to an activating group) is 1. The van der Waals surface area contributed by atoms with Gasteiger partial charge in [0.15, 0.2) is 0 Å². The van der Waals surface area contributed by atoms with Gasteiger partial charge in [0, 0.05) is 11.9 Å². The summed E-state index contributed by atoms with van der Waals surface area (Å²) >= 11 is 0. The minimum Gasteiger partial charge on any atom is -0.356 e. The first-order valence-corrected chi connectivity index (χ1v) is 5.51. The number of nitrogens with one attached hydrogen (secondary N) is 1. The molecule has 0 bridgehead atoms. The van der Waals surface area contributed by atoms with Crippen molar-refractivity contribution in [2.24, 2.45) is 0 Å². The van der Waals surface area contributed by atoms with E-state index in [-0.39, 0.29) is 18.1 Å². The molecule has 0 saturated heterocycles. The molecule has 0 atom stereocenters. The summed E-state index contributed by atoms with van der Waals surface area (Å²) < 4.78 is 13.0. The number of rotatable bonds is 3. The molecule has 4 heteroatoms. The van der Waals surface area contributed by atoms with Crippen LogP contribution in [0, 0.1) is 5.82 Å². The van der Waals surface area contributed by atoms with Crippen LogP contribution in [0.25, 0.3) is 10.9 Å². The number of aromatic nitrogens is 1. The van der Waals surface area contributed by atoms with Crippen LogP contribution in [0.4, 0.5) is 4.39 Å². The molecule has 0 saturated carbocycles. The summed E-state index contributed by atoms with van der Waals surface area (Å²) in [5.41, 5.74) is 1.39. The third-order valence-corrected chi connectivity index (χ3v) is 2.42. The summed E-state index contributed by atoms with van der Waals surface area (Å²) in [5, 5.41) is 3.45. The maximum absolute atomic E-state index is 13.0. The van der Waals surface area contributed by atoms with Gasteiger partial charge < -0.3 is 5.32 Å². The van der Waals surface area contributed by atoms with Crippen LogP contribution in [0.2, 0.25) is 0 Å². The van der Waals surface area contributed by atoms with Gasteiger partial charge in [-0.15, -0.1) is 0 Å². The molecule has 0 unspecified atom stereocenters. The zero-order valence-corrected chi connectivity index (χ0v) is 9.53. The third-order valence-electron chi connectivity index (χ3n) is 2.42. The standard InChI is InChI=1S/C13H13FN2O/c1-2-15-13(17)8-11-5-3-9-7-10(14)4-6-12(9)16-11/h3-7H,2,8H2,1H3,(H,15,17). The minimum absolute atomic E-state index is 0.0542. The van der Waals surface area contributed by atoms with Crippen LogP contribution in [0.3, 0.4) is 0 Å². The van der Waals surface area contributed by atoms with E-state index in [9.17, 15) is 9.18 Å². The van der Waals surface area contributed by atoms with E-state index < -0.39 is 0 Å². The van der Waals surface area contributed by atoms with Gasteiger partial charge in [0.1, 0.15) is 5.82 Å². The van der Waals surface area contributed by atoms with E-state index in [0.717, 1.165) is 5.39 Å². The van der Waals surface area contributed by atoms with Crippen LogP contribution in [-0.4, -0.2) is 17.4 Å². The average molecular weight is 232 g/mol. The van der Waals surface area contributed by atoms with Gasteiger partial charge in [-0.1, -0.05) is 6.07 Å². The largest absolute Gasteiger partial charge is 0.356 e. The summed E-state index contributed by atoms with van der Waals surface area (Å²) in [6.45, 7) is 2.48. The highest BCUT2D eigenvalue weighted by Crippen LogP contribution is 2.14. The molecule has 0 aliphatic carbocycles. The number of hydrogen-bond acceptors (Lipinski definition) is 2. The van der Waals surface area contributed by atoms with E-state index in [1.807, 2.05) is 6.92 Å². The Morgan fingerprint density at radius 3 is 2.94 bits per heavy atom. The van der Waals surface area contributed by atoms with E-state index in [4.69, 9.17) is 0 Å². The zero-order valence-electron chi connectivity index (χ0n) is 9.53. The van der Waals surface area contributed by atoms with Crippen molar-refractivity contribution in [3.05, 3.63) is 41.8 Å². The Morgan fingerprint density at radius 2 is 2.18 bits per heavy atom. The van der Waals surface area contributed by atoms with Gasteiger partial charge in [-0.3, -0.25) is 9.78 Å². The Bertz CT molecular complexity index is 554. The first-order chi connectivity index (χ1) is 8.19. The molecule has 1 N–H and O–H groups in total. The van der Waals surface area contributed by atoms with Crippen molar-refractivity contribution in [2.75, 3.05) is 6.54 Å². The summed E-state index contributed by atoms with van der Waals surface area (Å²) in [6, 6.07) is 7.94. The molecule has 1 aromatic heterocycles. The second-order valence-electron chi connectivity index (χ2n) is 3.77. The van der Waals surface area contributed by atoms with E-state index >= 15 is 0 Å². The van der Waals surface area contributed by atoms with Crippen LogP contribution >= 0.6 is 0 Å². The number of carbonyl (C=O) groups excluding carboxylic acids is 1. The monoisotopic (exact) mass is 232 g/mol. The molecule has 0 aliphatic heterocycles. The Labute approximate surface area is 98.7 Å². The molecular weight excluding hydrogens is 219 g/mol. The lowest BCUT2D eigenvalue weighted by Gasteiger charge is -2.03. The van der Waals surface area contributed by atoms with Crippen LogP contribution < -0.4 is 5.32 Å². The number of pyridine rings is 1. The van der Waals surface area contributed by atoms with Gasteiger partial charge in [0.2, 0.25) is 5.91 Å². The molecule has 0 aliphatic rings. The number of fused-ring (bicyclic) bond motifs is 1. The van der Waals surface area contributed by atoms with Crippen molar-refractivity contribution < 1.29 is 9.18 Å². The highest BCUT2D eigenvalue weighted by atomic mass is 19.1. The minimum atomic E-state index is -0.282. The molecule has 0 fully saturated rings. The van der Waals surface area contributed by atoms with Crippen molar-refractivity contribution in [2.45, 2.75) is 13.3 Å².